The molecule has 0 bridgehead atoms. The van der Waals surface area contributed by atoms with E-state index in [4.69, 9.17) is 21.1 Å². The van der Waals surface area contributed by atoms with Gasteiger partial charge >= 0.3 is 6.03 Å². The molecule has 0 aliphatic carbocycles. The molecule has 1 unspecified atom stereocenters. The van der Waals surface area contributed by atoms with Gasteiger partial charge in [-0.3, -0.25) is 0 Å². The molecule has 1 heterocycles. The highest BCUT2D eigenvalue weighted by Gasteiger charge is 2.23. The molecule has 1 saturated heterocycles. The van der Waals surface area contributed by atoms with Gasteiger partial charge in [-0.25, -0.2) is 4.79 Å². The maximum Gasteiger partial charge on any atom is 0.317 e. The summed E-state index contributed by atoms with van der Waals surface area (Å²) in [4.78, 5) is 14.0. The van der Waals surface area contributed by atoms with E-state index >= 15 is 0 Å². The quantitative estimate of drug-likeness (QED) is 0.864. The number of hydrogen-bond donors (Lipinski definition) is 1. The van der Waals surface area contributed by atoms with E-state index in [1.165, 1.54) is 0 Å². The molecular formula is C17H25ClN2O3. The third-order valence-electron chi connectivity index (χ3n) is 3.82. The first-order valence-corrected chi connectivity index (χ1v) is 8.53. The summed E-state index contributed by atoms with van der Waals surface area (Å²) < 4.78 is 11.3. The fourth-order valence-electron chi connectivity index (χ4n) is 2.59. The topological polar surface area (TPSA) is 50.8 Å². The number of ether oxygens (including phenoxy) is 2. The van der Waals surface area contributed by atoms with Crippen molar-refractivity contribution < 1.29 is 14.3 Å². The minimum absolute atomic E-state index is 0.0356. The van der Waals surface area contributed by atoms with Gasteiger partial charge in [-0.2, -0.15) is 0 Å². The molecule has 0 saturated carbocycles. The SMILES string of the molecule is CCOC1CCN(C(=O)NCC(C)Oc2ccc(Cl)cc2)CC1. The van der Waals surface area contributed by atoms with Crippen LogP contribution in [0.3, 0.4) is 0 Å². The standard InChI is InChI=1S/C17H25ClN2O3/c1-3-22-15-8-10-20(11-9-15)17(21)19-12-13(2)23-16-6-4-14(18)5-7-16/h4-7,13,15H,3,8-12H2,1-2H3,(H,19,21). The van der Waals surface area contributed by atoms with Crippen LogP contribution in [0.1, 0.15) is 26.7 Å². The summed E-state index contributed by atoms with van der Waals surface area (Å²) in [6.07, 6.45) is 1.98. The van der Waals surface area contributed by atoms with Crippen LogP contribution in [0, 0.1) is 0 Å². The fraction of sp³-hybridized carbons (Fsp3) is 0.588. The molecule has 23 heavy (non-hydrogen) atoms. The average Bonchev–Trinajstić information content (AvgIpc) is 2.56. The first-order valence-electron chi connectivity index (χ1n) is 8.15. The van der Waals surface area contributed by atoms with Gasteiger partial charge in [-0.15, -0.1) is 0 Å². The summed E-state index contributed by atoms with van der Waals surface area (Å²) in [5.74, 6) is 0.744. The summed E-state index contributed by atoms with van der Waals surface area (Å²) in [5.41, 5.74) is 0. The van der Waals surface area contributed by atoms with Crippen LogP contribution >= 0.6 is 11.6 Å². The third kappa shape index (κ3) is 5.92. The second-order valence-corrected chi connectivity index (χ2v) is 6.15. The number of likely N-dealkylation sites (tertiary alicyclic amines) is 1. The average molecular weight is 341 g/mol. The zero-order chi connectivity index (χ0) is 16.7. The van der Waals surface area contributed by atoms with Gasteiger partial charge < -0.3 is 19.7 Å². The number of piperidine rings is 1. The Kier molecular flexibility index (Phi) is 6.99. The fourth-order valence-corrected chi connectivity index (χ4v) is 2.72. The number of rotatable bonds is 6. The van der Waals surface area contributed by atoms with Crippen LogP contribution in [0.25, 0.3) is 0 Å². The summed E-state index contributed by atoms with van der Waals surface area (Å²) in [6, 6.07) is 7.17. The van der Waals surface area contributed by atoms with Crippen LogP contribution in [0.2, 0.25) is 5.02 Å². The number of urea groups is 1. The van der Waals surface area contributed by atoms with Gasteiger partial charge in [0, 0.05) is 24.7 Å². The Labute approximate surface area is 142 Å². The molecule has 2 amide bonds. The van der Waals surface area contributed by atoms with E-state index in [0.717, 1.165) is 38.3 Å². The van der Waals surface area contributed by atoms with Gasteiger partial charge in [0.2, 0.25) is 0 Å². The Hall–Kier alpha value is -1.46. The Balaban J connectivity index is 1.68. The molecule has 1 aromatic carbocycles. The first kappa shape index (κ1) is 17.9. The molecule has 128 valence electrons. The highest BCUT2D eigenvalue weighted by molar-refractivity contribution is 6.30. The molecule has 1 aromatic rings. The van der Waals surface area contributed by atoms with Crippen LogP contribution in [0.15, 0.2) is 24.3 Å². The number of halogens is 1. The molecule has 1 aliphatic rings. The van der Waals surface area contributed by atoms with E-state index in [2.05, 4.69) is 5.32 Å². The van der Waals surface area contributed by atoms with Gasteiger partial charge in [0.05, 0.1) is 12.6 Å². The van der Waals surface area contributed by atoms with Gasteiger partial charge in [-0.1, -0.05) is 11.6 Å². The zero-order valence-electron chi connectivity index (χ0n) is 13.8. The first-order chi connectivity index (χ1) is 11.1. The predicted molar refractivity (Wildman–Crippen MR) is 91.2 cm³/mol. The molecule has 1 fully saturated rings. The molecule has 0 radical (unpaired) electrons. The Morgan fingerprint density at radius 2 is 2.00 bits per heavy atom. The molecular weight excluding hydrogens is 316 g/mol. The van der Waals surface area contributed by atoms with E-state index < -0.39 is 0 Å². The lowest BCUT2D eigenvalue weighted by Gasteiger charge is -2.32. The molecule has 0 aromatic heterocycles. The largest absolute Gasteiger partial charge is 0.489 e. The number of benzene rings is 1. The normalized spacial score (nSPS) is 16.9. The number of carbonyl (C=O) groups is 1. The molecule has 6 heteroatoms. The minimum atomic E-state index is -0.110. The number of amides is 2. The maximum absolute atomic E-state index is 12.2. The van der Waals surface area contributed by atoms with Crippen LogP contribution in [-0.4, -0.2) is 49.4 Å². The monoisotopic (exact) mass is 340 g/mol. The van der Waals surface area contributed by atoms with Crippen LogP contribution in [0.4, 0.5) is 4.79 Å². The number of nitrogens with one attached hydrogen (secondary N) is 1. The summed E-state index contributed by atoms with van der Waals surface area (Å²) >= 11 is 5.84. The van der Waals surface area contributed by atoms with Crippen LogP contribution in [0.5, 0.6) is 5.75 Å². The summed E-state index contributed by atoms with van der Waals surface area (Å²) in [7, 11) is 0. The third-order valence-corrected chi connectivity index (χ3v) is 4.08. The number of hydrogen-bond acceptors (Lipinski definition) is 3. The van der Waals surface area contributed by atoms with Crippen molar-refractivity contribution in [3.63, 3.8) is 0 Å². The van der Waals surface area contributed by atoms with Crippen molar-refractivity contribution >= 4 is 17.6 Å². The van der Waals surface area contributed by atoms with Crippen LogP contribution < -0.4 is 10.1 Å². The summed E-state index contributed by atoms with van der Waals surface area (Å²) in [6.45, 7) is 6.60. The van der Waals surface area contributed by atoms with Crippen molar-refractivity contribution in [1.29, 1.82) is 0 Å². The van der Waals surface area contributed by atoms with Gasteiger partial charge in [0.25, 0.3) is 0 Å². The van der Waals surface area contributed by atoms with Crippen molar-refractivity contribution in [2.45, 2.75) is 38.9 Å². The Morgan fingerprint density at radius 1 is 1.35 bits per heavy atom. The zero-order valence-corrected chi connectivity index (χ0v) is 14.5. The smallest absolute Gasteiger partial charge is 0.317 e. The molecule has 2 rings (SSSR count). The van der Waals surface area contributed by atoms with Crippen molar-refractivity contribution in [3.8, 4) is 5.75 Å². The highest BCUT2D eigenvalue weighted by Crippen LogP contribution is 2.17. The summed E-state index contributed by atoms with van der Waals surface area (Å²) in [5, 5.41) is 3.60. The second-order valence-electron chi connectivity index (χ2n) is 5.71. The van der Waals surface area contributed by atoms with Gasteiger partial charge in [-0.05, 0) is 51.0 Å². The van der Waals surface area contributed by atoms with Crippen molar-refractivity contribution in [3.05, 3.63) is 29.3 Å². The van der Waals surface area contributed by atoms with E-state index in [-0.39, 0.29) is 18.2 Å². The van der Waals surface area contributed by atoms with Crippen molar-refractivity contribution in [2.24, 2.45) is 0 Å². The molecule has 1 N–H and O–H groups in total. The number of nitrogens with zero attached hydrogens (tertiary/aromatic N) is 1. The highest BCUT2D eigenvalue weighted by atomic mass is 35.5. The van der Waals surface area contributed by atoms with Gasteiger partial charge in [0.1, 0.15) is 11.9 Å². The number of carbonyl (C=O) groups excluding carboxylic acids is 1. The predicted octanol–water partition coefficient (Wildman–Crippen LogP) is 3.32. The van der Waals surface area contributed by atoms with E-state index in [0.29, 0.717) is 11.6 Å². The lowest BCUT2D eigenvalue weighted by atomic mass is 10.1. The maximum atomic E-state index is 12.2. The van der Waals surface area contributed by atoms with Crippen LogP contribution in [-0.2, 0) is 4.74 Å². The Morgan fingerprint density at radius 3 is 2.61 bits per heavy atom. The van der Waals surface area contributed by atoms with Crippen molar-refractivity contribution in [2.75, 3.05) is 26.2 Å². The molecule has 1 atom stereocenters. The molecule has 5 nitrogen and oxygen atoms in total. The lowest BCUT2D eigenvalue weighted by molar-refractivity contribution is 0.0218. The van der Waals surface area contributed by atoms with E-state index in [1.54, 1.807) is 12.1 Å². The van der Waals surface area contributed by atoms with Gasteiger partial charge in [0.15, 0.2) is 0 Å². The van der Waals surface area contributed by atoms with E-state index in [1.807, 2.05) is 30.9 Å². The molecule has 0 spiro atoms. The second kappa shape index (κ2) is 8.99. The molecule has 1 aliphatic heterocycles. The van der Waals surface area contributed by atoms with Crippen molar-refractivity contribution in [1.82, 2.24) is 10.2 Å². The minimum Gasteiger partial charge on any atom is -0.489 e. The lowest BCUT2D eigenvalue weighted by Crippen LogP contribution is -2.47. The van der Waals surface area contributed by atoms with E-state index in [9.17, 15) is 4.79 Å². The Bertz CT molecular complexity index is 487.